The van der Waals surface area contributed by atoms with Gasteiger partial charge in [-0.3, -0.25) is 4.79 Å². The van der Waals surface area contributed by atoms with E-state index >= 15 is 0 Å². The van der Waals surface area contributed by atoms with Crippen molar-refractivity contribution in [1.29, 1.82) is 0 Å². The standard InChI is InChI=1S/C15H17NO3/c1-10(2)19-13-6-4-5-12(9-13)16-15(17)14-11(3)7-8-18-14/h4-10H,1-3H3,(H,16,17). The van der Waals surface area contributed by atoms with E-state index in [0.717, 1.165) is 11.3 Å². The molecule has 19 heavy (non-hydrogen) atoms. The minimum Gasteiger partial charge on any atom is -0.491 e. The highest BCUT2D eigenvalue weighted by molar-refractivity contribution is 6.03. The fourth-order valence-electron chi connectivity index (χ4n) is 1.71. The van der Waals surface area contributed by atoms with Crippen LogP contribution in [0.5, 0.6) is 5.75 Å². The van der Waals surface area contributed by atoms with E-state index in [1.54, 1.807) is 12.1 Å². The minimum absolute atomic E-state index is 0.0956. The van der Waals surface area contributed by atoms with Gasteiger partial charge in [-0.1, -0.05) is 6.07 Å². The molecule has 1 aromatic carbocycles. The van der Waals surface area contributed by atoms with Crippen LogP contribution in [0, 0.1) is 6.92 Å². The molecule has 2 rings (SSSR count). The van der Waals surface area contributed by atoms with Gasteiger partial charge in [-0.15, -0.1) is 0 Å². The average Bonchev–Trinajstić information content (AvgIpc) is 2.75. The molecule has 1 aromatic heterocycles. The Bertz CT molecular complexity index is 572. The summed E-state index contributed by atoms with van der Waals surface area (Å²) in [5, 5.41) is 2.79. The van der Waals surface area contributed by atoms with Gasteiger partial charge in [0.1, 0.15) is 5.75 Å². The van der Waals surface area contributed by atoms with Crippen molar-refractivity contribution in [1.82, 2.24) is 0 Å². The molecule has 0 fully saturated rings. The lowest BCUT2D eigenvalue weighted by Gasteiger charge is -2.11. The molecule has 4 heteroatoms. The third-order valence-corrected chi connectivity index (χ3v) is 2.53. The second kappa shape index (κ2) is 5.61. The van der Waals surface area contributed by atoms with Gasteiger partial charge in [-0.2, -0.15) is 0 Å². The van der Waals surface area contributed by atoms with Gasteiger partial charge in [-0.05, 0) is 39.0 Å². The normalized spacial score (nSPS) is 10.5. The molecule has 0 unspecified atom stereocenters. The predicted octanol–water partition coefficient (Wildman–Crippen LogP) is 3.63. The second-order valence-corrected chi connectivity index (χ2v) is 4.58. The average molecular weight is 259 g/mol. The molecule has 0 saturated carbocycles. The molecule has 0 spiro atoms. The van der Waals surface area contributed by atoms with Crippen molar-refractivity contribution in [3.63, 3.8) is 0 Å². The number of hydrogen-bond donors (Lipinski definition) is 1. The van der Waals surface area contributed by atoms with E-state index in [0.29, 0.717) is 11.4 Å². The molecule has 0 atom stereocenters. The zero-order chi connectivity index (χ0) is 13.8. The van der Waals surface area contributed by atoms with E-state index in [9.17, 15) is 4.79 Å². The Labute approximate surface area is 112 Å². The van der Waals surface area contributed by atoms with Crippen LogP contribution in [0.15, 0.2) is 41.0 Å². The van der Waals surface area contributed by atoms with Crippen LogP contribution in [0.1, 0.15) is 30.0 Å². The maximum atomic E-state index is 12.0. The van der Waals surface area contributed by atoms with Gasteiger partial charge >= 0.3 is 0 Å². The van der Waals surface area contributed by atoms with Crippen LogP contribution >= 0.6 is 0 Å². The summed E-state index contributed by atoms with van der Waals surface area (Å²) < 4.78 is 10.7. The summed E-state index contributed by atoms with van der Waals surface area (Å²) in [6, 6.07) is 9.04. The van der Waals surface area contributed by atoms with Gasteiger partial charge in [0, 0.05) is 17.3 Å². The van der Waals surface area contributed by atoms with E-state index in [1.165, 1.54) is 6.26 Å². The summed E-state index contributed by atoms with van der Waals surface area (Å²) in [4.78, 5) is 12.0. The highest BCUT2D eigenvalue weighted by Crippen LogP contribution is 2.20. The molecule has 4 nitrogen and oxygen atoms in total. The van der Waals surface area contributed by atoms with Crippen LogP contribution in [-0.4, -0.2) is 12.0 Å². The Kier molecular flexibility index (Phi) is 3.90. The summed E-state index contributed by atoms with van der Waals surface area (Å²) in [5.74, 6) is 0.795. The molecule has 0 bridgehead atoms. The second-order valence-electron chi connectivity index (χ2n) is 4.58. The van der Waals surface area contributed by atoms with Gasteiger partial charge in [0.05, 0.1) is 12.4 Å². The summed E-state index contributed by atoms with van der Waals surface area (Å²) in [6.07, 6.45) is 1.60. The van der Waals surface area contributed by atoms with Crippen molar-refractivity contribution in [2.24, 2.45) is 0 Å². The molecular weight excluding hydrogens is 242 g/mol. The fourth-order valence-corrected chi connectivity index (χ4v) is 1.71. The number of rotatable bonds is 4. The van der Waals surface area contributed by atoms with E-state index in [4.69, 9.17) is 9.15 Å². The molecule has 2 aromatic rings. The van der Waals surface area contributed by atoms with Crippen LogP contribution in [0.2, 0.25) is 0 Å². The van der Waals surface area contributed by atoms with Gasteiger partial charge in [-0.25, -0.2) is 0 Å². The summed E-state index contributed by atoms with van der Waals surface area (Å²) in [7, 11) is 0. The van der Waals surface area contributed by atoms with Gasteiger partial charge < -0.3 is 14.5 Å². The summed E-state index contributed by atoms with van der Waals surface area (Å²) >= 11 is 0. The number of amides is 1. The summed E-state index contributed by atoms with van der Waals surface area (Å²) in [5.41, 5.74) is 1.49. The van der Waals surface area contributed by atoms with Gasteiger partial charge in [0.2, 0.25) is 0 Å². The van der Waals surface area contributed by atoms with Crippen molar-refractivity contribution < 1.29 is 13.9 Å². The largest absolute Gasteiger partial charge is 0.491 e. The van der Waals surface area contributed by atoms with Crippen molar-refractivity contribution in [2.75, 3.05) is 5.32 Å². The Balaban J connectivity index is 2.11. The van der Waals surface area contributed by atoms with Crippen molar-refractivity contribution in [3.8, 4) is 5.75 Å². The first kappa shape index (κ1) is 13.2. The molecule has 1 amide bonds. The molecular formula is C15H17NO3. The molecule has 0 radical (unpaired) electrons. The molecule has 100 valence electrons. The summed E-state index contributed by atoms with van der Waals surface area (Å²) in [6.45, 7) is 5.74. The topological polar surface area (TPSA) is 51.5 Å². The van der Waals surface area contributed by atoms with E-state index < -0.39 is 0 Å². The lowest BCUT2D eigenvalue weighted by molar-refractivity contribution is 0.0996. The van der Waals surface area contributed by atoms with Gasteiger partial charge in [0.25, 0.3) is 5.91 Å². The van der Waals surface area contributed by atoms with Gasteiger partial charge in [0.15, 0.2) is 5.76 Å². The third-order valence-electron chi connectivity index (χ3n) is 2.53. The predicted molar refractivity (Wildman–Crippen MR) is 73.6 cm³/mol. The lowest BCUT2D eigenvalue weighted by atomic mass is 10.2. The number of carbonyl (C=O) groups is 1. The Morgan fingerprint density at radius 1 is 1.32 bits per heavy atom. The lowest BCUT2D eigenvalue weighted by Crippen LogP contribution is -2.12. The monoisotopic (exact) mass is 259 g/mol. The number of benzene rings is 1. The first-order valence-electron chi connectivity index (χ1n) is 6.18. The molecule has 0 aliphatic carbocycles. The number of ether oxygens (including phenoxy) is 1. The van der Waals surface area contributed by atoms with E-state index in [2.05, 4.69) is 5.32 Å². The number of carbonyl (C=O) groups excluding carboxylic acids is 1. The first-order valence-corrected chi connectivity index (χ1v) is 6.18. The smallest absolute Gasteiger partial charge is 0.291 e. The highest BCUT2D eigenvalue weighted by Gasteiger charge is 2.12. The molecule has 0 saturated heterocycles. The number of anilines is 1. The Morgan fingerprint density at radius 3 is 2.74 bits per heavy atom. The Morgan fingerprint density at radius 2 is 2.11 bits per heavy atom. The molecule has 0 aliphatic heterocycles. The fraction of sp³-hybridized carbons (Fsp3) is 0.267. The maximum Gasteiger partial charge on any atom is 0.291 e. The van der Waals surface area contributed by atoms with Crippen molar-refractivity contribution in [2.45, 2.75) is 26.9 Å². The minimum atomic E-state index is -0.260. The number of hydrogen-bond acceptors (Lipinski definition) is 3. The zero-order valence-corrected chi connectivity index (χ0v) is 11.3. The number of nitrogens with one attached hydrogen (secondary N) is 1. The van der Waals surface area contributed by atoms with Crippen LogP contribution in [0.3, 0.4) is 0 Å². The van der Waals surface area contributed by atoms with Crippen LogP contribution in [0.25, 0.3) is 0 Å². The van der Waals surface area contributed by atoms with Crippen LogP contribution in [-0.2, 0) is 0 Å². The van der Waals surface area contributed by atoms with E-state index in [1.807, 2.05) is 39.0 Å². The SMILES string of the molecule is Cc1ccoc1C(=O)Nc1cccc(OC(C)C)c1. The number of furan rings is 1. The molecule has 1 N–H and O–H groups in total. The third kappa shape index (κ3) is 3.37. The first-order chi connectivity index (χ1) is 9.06. The molecule has 1 heterocycles. The maximum absolute atomic E-state index is 12.0. The molecule has 0 aliphatic rings. The quantitative estimate of drug-likeness (QED) is 0.912. The Hall–Kier alpha value is -2.23. The van der Waals surface area contributed by atoms with Crippen LogP contribution < -0.4 is 10.1 Å². The van der Waals surface area contributed by atoms with Crippen molar-refractivity contribution in [3.05, 3.63) is 47.9 Å². The van der Waals surface area contributed by atoms with E-state index in [-0.39, 0.29) is 12.0 Å². The number of aryl methyl sites for hydroxylation is 1. The van der Waals surface area contributed by atoms with Crippen molar-refractivity contribution >= 4 is 11.6 Å². The zero-order valence-electron chi connectivity index (χ0n) is 11.3. The van der Waals surface area contributed by atoms with Crippen LogP contribution in [0.4, 0.5) is 5.69 Å². The highest BCUT2D eigenvalue weighted by atomic mass is 16.5.